The average molecular weight is 435 g/mol. The Labute approximate surface area is 188 Å². The van der Waals surface area contributed by atoms with E-state index >= 15 is 0 Å². The van der Waals surface area contributed by atoms with Crippen molar-refractivity contribution in [3.8, 4) is 5.75 Å². The molecule has 0 aliphatic carbocycles. The number of nitrogens with one attached hydrogen (secondary N) is 1. The number of unbranched alkanes of at least 4 members (excludes halogenated alkanes) is 1. The van der Waals surface area contributed by atoms with E-state index in [4.69, 9.17) is 4.74 Å². The molecular weight excluding hydrogens is 404 g/mol. The van der Waals surface area contributed by atoms with Crippen molar-refractivity contribution in [2.45, 2.75) is 38.6 Å². The van der Waals surface area contributed by atoms with Gasteiger partial charge in [-0.25, -0.2) is 4.98 Å². The second-order valence-corrected chi connectivity index (χ2v) is 8.21. The van der Waals surface area contributed by atoms with Crippen LogP contribution in [0.2, 0.25) is 0 Å². The molecule has 1 aliphatic rings. The van der Waals surface area contributed by atoms with Gasteiger partial charge in [-0.3, -0.25) is 9.59 Å². The first-order valence-corrected chi connectivity index (χ1v) is 11.2. The maximum absolute atomic E-state index is 13.1. The Kier molecular flexibility index (Phi) is 6.73. The lowest BCUT2D eigenvalue weighted by molar-refractivity contribution is -0.129. The first-order valence-electron chi connectivity index (χ1n) is 11.2. The Bertz CT molecular complexity index is 1040. The summed E-state index contributed by atoms with van der Waals surface area (Å²) in [6.07, 6.45) is 6.73. The number of rotatable bonds is 9. The van der Waals surface area contributed by atoms with Crippen LogP contribution in [0.4, 0.5) is 0 Å². The molecule has 2 aromatic heterocycles. The molecule has 7 heteroatoms. The second kappa shape index (κ2) is 9.85. The molecule has 0 spiro atoms. The molecule has 0 saturated carbocycles. The number of amides is 2. The van der Waals surface area contributed by atoms with Gasteiger partial charge in [0, 0.05) is 38.3 Å². The van der Waals surface area contributed by atoms with E-state index in [9.17, 15) is 9.59 Å². The minimum absolute atomic E-state index is 0.0415. The highest BCUT2D eigenvalue weighted by molar-refractivity contribution is 5.90. The third-order valence-electron chi connectivity index (χ3n) is 6.07. The molecule has 1 aromatic carbocycles. The smallest absolute Gasteiger partial charge is 0.226 e. The fourth-order valence-corrected chi connectivity index (χ4v) is 4.38. The Morgan fingerprint density at radius 3 is 2.75 bits per heavy atom. The summed E-state index contributed by atoms with van der Waals surface area (Å²) in [6, 6.07) is 13.3. The number of hydrogen-bond donors (Lipinski definition) is 1. The third kappa shape index (κ3) is 4.61. The van der Waals surface area contributed by atoms with Gasteiger partial charge in [0.1, 0.15) is 11.4 Å². The summed E-state index contributed by atoms with van der Waals surface area (Å²) in [5.41, 5.74) is 2.78. The molecule has 1 N–H and O–H groups in total. The first-order chi connectivity index (χ1) is 15.6. The van der Waals surface area contributed by atoms with E-state index in [0.717, 1.165) is 35.5 Å². The number of nitrogens with zero attached hydrogens (tertiary/aromatic N) is 3. The van der Waals surface area contributed by atoms with Crippen LogP contribution < -0.4 is 10.1 Å². The summed E-state index contributed by atoms with van der Waals surface area (Å²) >= 11 is 0. The number of hydrogen-bond acceptors (Lipinski definition) is 4. The highest BCUT2D eigenvalue weighted by Gasteiger charge is 2.44. The maximum Gasteiger partial charge on any atom is 0.226 e. The van der Waals surface area contributed by atoms with Gasteiger partial charge in [-0.2, -0.15) is 0 Å². The lowest BCUT2D eigenvalue weighted by Crippen LogP contribution is -2.36. The van der Waals surface area contributed by atoms with Crippen LogP contribution in [0.25, 0.3) is 5.65 Å². The van der Waals surface area contributed by atoms with Gasteiger partial charge < -0.3 is 19.4 Å². The number of imidazole rings is 1. The van der Waals surface area contributed by atoms with Gasteiger partial charge in [0.05, 0.1) is 24.8 Å². The molecule has 0 bridgehead atoms. The largest absolute Gasteiger partial charge is 0.497 e. The van der Waals surface area contributed by atoms with Crippen LogP contribution in [-0.4, -0.2) is 46.3 Å². The minimum atomic E-state index is -0.409. The van der Waals surface area contributed by atoms with E-state index < -0.39 is 5.92 Å². The van der Waals surface area contributed by atoms with Gasteiger partial charge in [0.25, 0.3) is 0 Å². The van der Waals surface area contributed by atoms with E-state index in [1.54, 1.807) is 7.11 Å². The van der Waals surface area contributed by atoms with Gasteiger partial charge in [-0.1, -0.05) is 31.5 Å². The van der Waals surface area contributed by atoms with E-state index in [1.807, 2.05) is 64.2 Å². The predicted molar refractivity (Wildman–Crippen MR) is 122 cm³/mol. The summed E-state index contributed by atoms with van der Waals surface area (Å²) < 4.78 is 7.24. The lowest BCUT2D eigenvalue weighted by atomic mass is 9.92. The molecule has 1 fully saturated rings. The van der Waals surface area contributed by atoms with Crippen LogP contribution in [0.3, 0.4) is 0 Å². The number of fused-ring (bicyclic) bond motifs is 1. The van der Waals surface area contributed by atoms with E-state index in [1.165, 1.54) is 0 Å². The number of carbonyl (C=O) groups excluding carboxylic acids is 2. The Morgan fingerprint density at radius 1 is 1.22 bits per heavy atom. The zero-order valence-corrected chi connectivity index (χ0v) is 18.7. The molecule has 4 rings (SSSR count). The van der Waals surface area contributed by atoms with Crippen molar-refractivity contribution >= 4 is 17.5 Å². The van der Waals surface area contributed by atoms with Crippen LogP contribution >= 0.6 is 0 Å². The molecule has 7 nitrogen and oxygen atoms in total. The van der Waals surface area contributed by atoms with Crippen LogP contribution in [0.1, 0.15) is 43.5 Å². The molecule has 3 heterocycles. The van der Waals surface area contributed by atoms with Gasteiger partial charge >= 0.3 is 0 Å². The number of carbonyl (C=O) groups is 2. The molecule has 32 heavy (non-hydrogen) atoms. The van der Waals surface area contributed by atoms with Crippen molar-refractivity contribution in [1.29, 1.82) is 0 Å². The third-order valence-corrected chi connectivity index (χ3v) is 6.07. The number of likely N-dealkylation sites (tertiary alicyclic amines) is 1. The molecule has 2 atom stereocenters. The van der Waals surface area contributed by atoms with Crippen LogP contribution in [0.15, 0.2) is 54.9 Å². The maximum atomic E-state index is 13.1. The highest BCUT2D eigenvalue weighted by Crippen LogP contribution is 2.39. The molecular formula is C25H30N4O3. The molecule has 2 amide bonds. The predicted octanol–water partition coefficient (Wildman–Crippen LogP) is 3.39. The van der Waals surface area contributed by atoms with Crippen molar-refractivity contribution in [2.75, 3.05) is 20.2 Å². The molecule has 0 radical (unpaired) electrons. The molecule has 1 aliphatic heterocycles. The number of ether oxygens (including phenoxy) is 1. The van der Waals surface area contributed by atoms with Crippen LogP contribution in [0.5, 0.6) is 5.75 Å². The van der Waals surface area contributed by atoms with E-state index in [2.05, 4.69) is 17.2 Å². The highest BCUT2D eigenvalue weighted by atomic mass is 16.5. The van der Waals surface area contributed by atoms with Gasteiger partial charge in [-0.05, 0) is 36.2 Å². The molecule has 168 valence electrons. The summed E-state index contributed by atoms with van der Waals surface area (Å²) in [4.78, 5) is 32.4. The molecule has 1 saturated heterocycles. The number of pyridine rings is 1. The Morgan fingerprint density at radius 2 is 2.03 bits per heavy atom. The van der Waals surface area contributed by atoms with Crippen LogP contribution in [-0.2, 0) is 16.0 Å². The SMILES string of the molecule is CCCCN1C(=O)CC(C(=O)NCCc2cn3ccccc3n2)C1c1ccc(OC)cc1. The molecule has 3 aromatic rings. The summed E-state index contributed by atoms with van der Waals surface area (Å²) in [7, 11) is 1.63. The zero-order valence-electron chi connectivity index (χ0n) is 18.7. The van der Waals surface area contributed by atoms with Crippen molar-refractivity contribution < 1.29 is 14.3 Å². The number of benzene rings is 1. The standard InChI is InChI=1S/C25H30N4O3/c1-3-4-15-29-23(30)16-21(24(29)18-8-10-20(32-2)11-9-18)25(31)26-13-12-19-17-28-14-6-5-7-22(28)27-19/h5-11,14,17,21,24H,3-4,12-13,15-16H2,1-2H3,(H,26,31). The van der Waals surface area contributed by atoms with Gasteiger partial charge in [0.2, 0.25) is 11.8 Å². The topological polar surface area (TPSA) is 75.9 Å². The number of aromatic nitrogens is 2. The van der Waals surface area contributed by atoms with Crippen molar-refractivity contribution in [3.05, 3.63) is 66.1 Å². The van der Waals surface area contributed by atoms with Crippen molar-refractivity contribution in [1.82, 2.24) is 19.6 Å². The van der Waals surface area contributed by atoms with E-state index in [-0.39, 0.29) is 24.3 Å². The van der Waals surface area contributed by atoms with Crippen LogP contribution in [0, 0.1) is 5.92 Å². The normalized spacial score (nSPS) is 18.3. The molecule has 2 unspecified atom stereocenters. The minimum Gasteiger partial charge on any atom is -0.497 e. The monoisotopic (exact) mass is 434 g/mol. The summed E-state index contributed by atoms with van der Waals surface area (Å²) in [6.45, 7) is 3.25. The van der Waals surface area contributed by atoms with Crippen molar-refractivity contribution in [2.24, 2.45) is 5.92 Å². The Balaban J connectivity index is 1.45. The van der Waals surface area contributed by atoms with E-state index in [0.29, 0.717) is 19.5 Å². The number of methoxy groups -OCH3 is 1. The fraction of sp³-hybridized carbons (Fsp3) is 0.400. The lowest BCUT2D eigenvalue weighted by Gasteiger charge is -2.28. The quantitative estimate of drug-likeness (QED) is 0.560. The summed E-state index contributed by atoms with van der Waals surface area (Å²) in [5.74, 6) is 0.308. The average Bonchev–Trinajstić information content (AvgIpc) is 3.38. The zero-order chi connectivity index (χ0) is 22.5. The van der Waals surface area contributed by atoms with Gasteiger partial charge in [0.15, 0.2) is 0 Å². The van der Waals surface area contributed by atoms with Crippen molar-refractivity contribution in [3.63, 3.8) is 0 Å². The Hall–Kier alpha value is -3.35. The van der Waals surface area contributed by atoms with Gasteiger partial charge in [-0.15, -0.1) is 0 Å². The fourth-order valence-electron chi connectivity index (χ4n) is 4.38. The first kappa shape index (κ1) is 21.9. The second-order valence-electron chi connectivity index (χ2n) is 8.21. The summed E-state index contributed by atoms with van der Waals surface area (Å²) in [5, 5.41) is 3.05.